The predicted molar refractivity (Wildman–Crippen MR) is 66.6 cm³/mol. The van der Waals surface area contributed by atoms with Gasteiger partial charge in [0.2, 0.25) is 11.8 Å². The van der Waals surface area contributed by atoms with Gasteiger partial charge in [-0.05, 0) is 32.2 Å². The maximum absolute atomic E-state index is 11.6. The topological polar surface area (TPSA) is 70.2 Å². The number of unbranched alkanes of at least 4 members (excludes halogenated alkanes) is 2. The number of hydrogen-bond acceptors (Lipinski definition) is 3. The third kappa shape index (κ3) is 5.68. The Bertz CT molecular complexity index is 250. The summed E-state index contributed by atoms with van der Waals surface area (Å²) in [7, 11) is 1.65. The van der Waals surface area contributed by atoms with E-state index < -0.39 is 0 Å². The predicted octanol–water partition coefficient (Wildman–Crippen LogP) is 0.161. The fourth-order valence-electron chi connectivity index (χ4n) is 1.96. The highest BCUT2D eigenvalue weighted by atomic mass is 16.2. The Morgan fingerprint density at radius 1 is 1.29 bits per heavy atom. The van der Waals surface area contributed by atoms with E-state index in [1.165, 1.54) is 0 Å². The van der Waals surface area contributed by atoms with Crippen LogP contribution < -0.4 is 16.0 Å². The summed E-state index contributed by atoms with van der Waals surface area (Å²) in [5.74, 6) is 0.206. The van der Waals surface area contributed by atoms with Crippen LogP contribution in [-0.4, -0.2) is 38.0 Å². The first-order valence-corrected chi connectivity index (χ1v) is 6.45. The molecule has 1 rings (SSSR count). The highest BCUT2D eigenvalue weighted by molar-refractivity contribution is 5.81. The number of carbonyl (C=O) groups is 2. The van der Waals surface area contributed by atoms with Crippen LogP contribution in [0.1, 0.15) is 38.5 Å². The van der Waals surface area contributed by atoms with E-state index in [-0.39, 0.29) is 17.9 Å². The van der Waals surface area contributed by atoms with E-state index in [9.17, 15) is 9.59 Å². The molecule has 1 heterocycles. The van der Waals surface area contributed by atoms with E-state index in [0.717, 1.165) is 38.6 Å². The molecule has 0 saturated carbocycles. The average Bonchev–Trinajstić information content (AvgIpc) is 2.86. The first kappa shape index (κ1) is 14.0. The zero-order valence-electron chi connectivity index (χ0n) is 10.6. The van der Waals surface area contributed by atoms with Crippen LogP contribution >= 0.6 is 0 Å². The minimum atomic E-state index is 0.0147. The lowest BCUT2D eigenvalue weighted by Gasteiger charge is -2.10. The first-order valence-electron chi connectivity index (χ1n) is 6.45. The van der Waals surface area contributed by atoms with E-state index >= 15 is 0 Å². The second kappa shape index (κ2) is 8.06. The van der Waals surface area contributed by atoms with Crippen molar-refractivity contribution in [2.75, 3.05) is 20.1 Å². The van der Waals surface area contributed by atoms with Crippen LogP contribution in [0.4, 0.5) is 0 Å². The highest BCUT2D eigenvalue weighted by Gasteiger charge is 2.20. The van der Waals surface area contributed by atoms with E-state index in [2.05, 4.69) is 16.0 Å². The Morgan fingerprint density at radius 3 is 2.76 bits per heavy atom. The summed E-state index contributed by atoms with van der Waals surface area (Å²) in [6.07, 6.45) is 5.42. The molecule has 17 heavy (non-hydrogen) atoms. The molecule has 2 amide bonds. The second-order valence-corrected chi connectivity index (χ2v) is 4.42. The number of amides is 2. The summed E-state index contributed by atoms with van der Waals surface area (Å²) in [6, 6.07) is 0.0147. The molecule has 0 aromatic carbocycles. The van der Waals surface area contributed by atoms with Crippen LogP contribution in [0.25, 0.3) is 0 Å². The maximum Gasteiger partial charge on any atom is 0.237 e. The maximum atomic E-state index is 11.6. The molecule has 1 saturated heterocycles. The molecule has 0 aromatic heterocycles. The molecular formula is C12H23N3O2. The third-order valence-corrected chi connectivity index (χ3v) is 3.04. The Balaban J connectivity index is 1.93. The molecule has 1 atom stereocenters. The van der Waals surface area contributed by atoms with Gasteiger partial charge in [0, 0.05) is 20.0 Å². The SMILES string of the molecule is CNC(=O)CCCCCNC(=O)C1CCCN1. The van der Waals surface area contributed by atoms with Crippen molar-refractivity contribution < 1.29 is 9.59 Å². The van der Waals surface area contributed by atoms with Crippen molar-refractivity contribution in [3.8, 4) is 0 Å². The summed E-state index contributed by atoms with van der Waals surface area (Å²) in [6.45, 7) is 1.66. The normalized spacial score (nSPS) is 19.0. The van der Waals surface area contributed by atoms with E-state index in [1.54, 1.807) is 7.05 Å². The van der Waals surface area contributed by atoms with E-state index in [4.69, 9.17) is 0 Å². The van der Waals surface area contributed by atoms with Crippen molar-refractivity contribution in [2.24, 2.45) is 0 Å². The summed E-state index contributed by atoms with van der Waals surface area (Å²) in [5.41, 5.74) is 0. The standard InChI is InChI=1S/C12H23N3O2/c1-13-11(16)7-3-2-4-8-15-12(17)10-6-5-9-14-10/h10,14H,2-9H2,1H3,(H,13,16)(H,15,17). The summed E-state index contributed by atoms with van der Waals surface area (Å²) >= 11 is 0. The number of carbonyl (C=O) groups excluding carboxylic acids is 2. The summed E-state index contributed by atoms with van der Waals surface area (Å²) in [4.78, 5) is 22.5. The molecule has 98 valence electrons. The number of rotatable bonds is 7. The van der Waals surface area contributed by atoms with Gasteiger partial charge in [-0.2, -0.15) is 0 Å². The molecule has 0 aliphatic carbocycles. The minimum absolute atomic E-state index is 0.0147. The average molecular weight is 241 g/mol. The molecule has 1 fully saturated rings. The summed E-state index contributed by atoms with van der Waals surface area (Å²) < 4.78 is 0. The van der Waals surface area contributed by atoms with Gasteiger partial charge in [-0.1, -0.05) is 6.42 Å². The van der Waals surface area contributed by atoms with E-state index in [1.807, 2.05) is 0 Å². The van der Waals surface area contributed by atoms with Crippen molar-refractivity contribution in [1.29, 1.82) is 0 Å². The van der Waals surface area contributed by atoms with Crippen molar-refractivity contribution in [3.63, 3.8) is 0 Å². The zero-order chi connectivity index (χ0) is 12.5. The van der Waals surface area contributed by atoms with Gasteiger partial charge in [-0.3, -0.25) is 9.59 Å². The first-order chi connectivity index (χ1) is 8.24. The van der Waals surface area contributed by atoms with Crippen LogP contribution in [-0.2, 0) is 9.59 Å². The van der Waals surface area contributed by atoms with Gasteiger partial charge in [0.25, 0.3) is 0 Å². The Hall–Kier alpha value is -1.10. The zero-order valence-corrected chi connectivity index (χ0v) is 10.6. The van der Waals surface area contributed by atoms with Crippen LogP contribution in [0.15, 0.2) is 0 Å². The van der Waals surface area contributed by atoms with Crippen LogP contribution in [0.3, 0.4) is 0 Å². The molecule has 5 heteroatoms. The second-order valence-electron chi connectivity index (χ2n) is 4.42. The Labute approximate surface area is 103 Å². The molecular weight excluding hydrogens is 218 g/mol. The fraction of sp³-hybridized carbons (Fsp3) is 0.833. The van der Waals surface area contributed by atoms with Gasteiger partial charge in [0.1, 0.15) is 0 Å². The fourth-order valence-corrected chi connectivity index (χ4v) is 1.96. The molecule has 1 unspecified atom stereocenters. The monoisotopic (exact) mass is 241 g/mol. The summed E-state index contributed by atoms with van der Waals surface area (Å²) in [5, 5.41) is 8.68. The van der Waals surface area contributed by atoms with Gasteiger partial charge in [-0.25, -0.2) is 0 Å². The number of hydrogen-bond donors (Lipinski definition) is 3. The molecule has 1 aliphatic heterocycles. The molecule has 0 spiro atoms. The van der Waals surface area contributed by atoms with Gasteiger partial charge in [0.05, 0.1) is 6.04 Å². The van der Waals surface area contributed by atoms with Crippen LogP contribution in [0.5, 0.6) is 0 Å². The lowest BCUT2D eigenvalue weighted by molar-refractivity contribution is -0.123. The Morgan fingerprint density at radius 2 is 2.12 bits per heavy atom. The van der Waals surface area contributed by atoms with Gasteiger partial charge in [-0.15, -0.1) is 0 Å². The van der Waals surface area contributed by atoms with Crippen LogP contribution in [0, 0.1) is 0 Å². The minimum Gasteiger partial charge on any atom is -0.359 e. The lowest BCUT2D eigenvalue weighted by atomic mass is 10.1. The molecule has 0 radical (unpaired) electrons. The van der Waals surface area contributed by atoms with Gasteiger partial charge in [0.15, 0.2) is 0 Å². The van der Waals surface area contributed by atoms with Crippen LogP contribution in [0.2, 0.25) is 0 Å². The van der Waals surface area contributed by atoms with Crippen molar-refractivity contribution >= 4 is 11.8 Å². The molecule has 0 bridgehead atoms. The molecule has 1 aliphatic rings. The Kier molecular flexibility index (Phi) is 6.62. The quantitative estimate of drug-likeness (QED) is 0.556. The lowest BCUT2D eigenvalue weighted by Crippen LogP contribution is -2.40. The molecule has 3 N–H and O–H groups in total. The van der Waals surface area contributed by atoms with E-state index in [0.29, 0.717) is 13.0 Å². The largest absolute Gasteiger partial charge is 0.359 e. The third-order valence-electron chi connectivity index (χ3n) is 3.04. The molecule has 5 nitrogen and oxygen atoms in total. The highest BCUT2D eigenvalue weighted by Crippen LogP contribution is 2.04. The molecule has 0 aromatic rings. The van der Waals surface area contributed by atoms with Crippen molar-refractivity contribution in [2.45, 2.75) is 44.6 Å². The van der Waals surface area contributed by atoms with Gasteiger partial charge < -0.3 is 16.0 Å². The van der Waals surface area contributed by atoms with Gasteiger partial charge >= 0.3 is 0 Å². The number of nitrogens with one attached hydrogen (secondary N) is 3. The van der Waals surface area contributed by atoms with Crippen molar-refractivity contribution in [3.05, 3.63) is 0 Å². The smallest absolute Gasteiger partial charge is 0.237 e. The van der Waals surface area contributed by atoms with Crippen molar-refractivity contribution in [1.82, 2.24) is 16.0 Å².